The normalized spacial score (nSPS) is 21.4. The van der Waals surface area contributed by atoms with Crippen molar-refractivity contribution in [2.75, 3.05) is 46.9 Å². The van der Waals surface area contributed by atoms with Gasteiger partial charge in [0.2, 0.25) is 23.6 Å². The molecule has 10 heteroatoms. The van der Waals surface area contributed by atoms with E-state index in [1.807, 2.05) is 60.7 Å². The van der Waals surface area contributed by atoms with Crippen molar-refractivity contribution < 1.29 is 23.9 Å². The van der Waals surface area contributed by atoms with E-state index in [4.69, 9.17) is 10.5 Å². The summed E-state index contributed by atoms with van der Waals surface area (Å²) in [6.45, 7) is 4.41. The Labute approximate surface area is 248 Å². The smallest absolute Gasteiger partial charge is 0.247 e. The van der Waals surface area contributed by atoms with Gasteiger partial charge in [-0.3, -0.25) is 19.2 Å². The van der Waals surface area contributed by atoms with Crippen LogP contribution in [0.1, 0.15) is 43.7 Å². The highest BCUT2D eigenvalue weighted by Gasteiger charge is 2.57. The minimum Gasteiger partial charge on any atom is -0.374 e. The van der Waals surface area contributed by atoms with Gasteiger partial charge in [-0.25, -0.2) is 0 Å². The average molecular weight is 578 g/mol. The van der Waals surface area contributed by atoms with Crippen LogP contribution < -0.4 is 11.1 Å². The van der Waals surface area contributed by atoms with Crippen molar-refractivity contribution in [1.29, 1.82) is 0 Å². The zero-order valence-electron chi connectivity index (χ0n) is 25.0. The summed E-state index contributed by atoms with van der Waals surface area (Å²) in [5.74, 6) is -1.25. The molecule has 4 amide bonds. The van der Waals surface area contributed by atoms with Crippen LogP contribution >= 0.6 is 0 Å². The maximum absolute atomic E-state index is 14.1. The number of likely N-dealkylation sites (tertiary alicyclic amines) is 2. The highest BCUT2D eigenvalue weighted by atomic mass is 16.5. The summed E-state index contributed by atoms with van der Waals surface area (Å²) in [6, 6.07) is 18.4. The van der Waals surface area contributed by atoms with Crippen molar-refractivity contribution in [2.45, 2.75) is 50.8 Å². The molecule has 2 aliphatic heterocycles. The van der Waals surface area contributed by atoms with Crippen LogP contribution in [0, 0.1) is 5.41 Å². The first-order chi connectivity index (χ1) is 19.9. The van der Waals surface area contributed by atoms with Crippen LogP contribution in [-0.2, 0) is 30.5 Å². The number of ether oxygens (including phenoxy) is 1. The molecule has 2 aromatic rings. The molecular weight excluding hydrogens is 534 g/mol. The summed E-state index contributed by atoms with van der Waals surface area (Å²) in [6.07, 6.45) is 1.21. The largest absolute Gasteiger partial charge is 0.374 e. The summed E-state index contributed by atoms with van der Waals surface area (Å²) in [5.41, 5.74) is 5.91. The van der Waals surface area contributed by atoms with Crippen LogP contribution in [-0.4, -0.2) is 96.8 Å². The van der Waals surface area contributed by atoms with Crippen LogP contribution in [0.2, 0.25) is 0 Å². The van der Waals surface area contributed by atoms with Crippen molar-refractivity contribution in [2.24, 2.45) is 11.1 Å². The molecule has 2 aliphatic rings. The number of nitrogens with two attached hydrogens (primary N) is 1. The first-order valence-corrected chi connectivity index (χ1v) is 14.5. The van der Waals surface area contributed by atoms with Gasteiger partial charge >= 0.3 is 0 Å². The Kier molecular flexibility index (Phi) is 9.68. The van der Waals surface area contributed by atoms with Crippen LogP contribution in [0.25, 0.3) is 0 Å². The van der Waals surface area contributed by atoms with Gasteiger partial charge in [0.05, 0.1) is 30.7 Å². The van der Waals surface area contributed by atoms with Crippen LogP contribution in [0.4, 0.5) is 0 Å². The lowest BCUT2D eigenvalue weighted by Crippen LogP contribution is -2.60. The Hall–Kier alpha value is -3.76. The second kappa shape index (κ2) is 13.0. The number of piperidine rings is 1. The van der Waals surface area contributed by atoms with Gasteiger partial charge in [0, 0.05) is 39.6 Å². The van der Waals surface area contributed by atoms with Crippen molar-refractivity contribution in [1.82, 2.24) is 20.0 Å². The predicted octanol–water partition coefficient (Wildman–Crippen LogP) is 1.75. The van der Waals surface area contributed by atoms with Gasteiger partial charge in [0.25, 0.3) is 0 Å². The van der Waals surface area contributed by atoms with Crippen LogP contribution in [0.15, 0.2) is 60.7 Å². The zero-order chi connectivity index (χ0) is 30.5. The van der Waals surface area contributed by atoms with E-state index in [0.29, 0.717) is 25.9 Å². The molecule has 2 saturated heterocycles. The SMILES string of the molecule is CN(C)C(=O)CN1CC(c2ccccc2)C2(CCCN(C(=O)[C@@H](COCc3ccccc3)NC(=O)C(C)(C)N)C2)C1=O. The number of hydrogen-bond acceptors (Lipinski definition) is 6. The standard InChI is InChI=1S/C32H43N5O5/c1-31(2,33)29(40)34-26(21-42-20-23-12-7-5-8-13-23)28(39)36-17-11-16-32(22-36)25(24-14-9-6-10-15-24)18-37(30(32)41)19-27(38)35(3)4/h5-10,12-15,25-26H,11,16-22,33H2,1-4H3,(H,34,40)/t25?,26-,32?/m1/s1. The highest BCUT2D eigenvalue weighted by molar-refractivity contribution is 5.94. The summed E-state index contributed by atoms with van der Waals surface area (Å²) in [5, 5.41) is 2.80. The Bertz CT molecular complexity index is 1260. The van der Waals surface area contributed by atoms with Crippen molar-refractivity contribution in [3.8, 4) is 0 Å². The third-order valence-corrected chi connectivity index (χ3v) is 8.23. The topological polar surface area (TPSA) is 125 Å². The molecule has 4 rings (SSSR count). The van der Waals surface area contributed by atoms with Gasteiger partial charge in [-0.15, -0.1) is 0 Å². The molecule has 0 bridgehead atoms. The molecule has 2 fully saturated rings. The molecule has 226 valence electrons. The van der Waals surface area contributed by atoms with Crippen molar-refractivity contribution >= 4 is 23.6 Å². The third kappa shape index (κ3) is 6.99. The van der Waals surface area contributed by atoms with E-state index in [1.165, 1.54) is 4.90 Å². The van der Waals surface area contributed by atoms with Gasteiger partial charge in [0.15, 0.2) is 0 Å². The number of rotatable bonds is 10. The number of carbonyl (C=O) groups is 4. The number of carbonyl (C=O) groups excluding carboxylic acids is 4. The molecule has 0 aromatic heterocycles. The third-order valence-electron chi connectivity index (χ3n) is 8.23. The average Bonchev–Trinajstić information content (AvgIpc) is 3.22. The number of amides is 4. The Balaban J connectivity index is 1.58. The minimum atomic E-state index is -1.19. The number of benzene rings is 2. The minimum absolute atomic E-state index is 0.0115. The van der Waals surface area contributed by atoms with E-state index in [0.717, 1.165) is 11.1 Å². The van der Waals surface area contributed by atoms with E-state index in [-0.39, 0.29) is 49.9 Å². The predicted molar refractivity (Wildman–Crippen MR) is 159 cm³/mol. The molecular formula is C32H43N5O5. The maximum atomic E-state index is 14.1. The highest BCUT2D eigenvalue weighted by Crippen LogP contribution is 2.49. The first kappa shape index (κ1) is 31.2. The first-order valence-electron chi connectivity index (χ1n) is 14.5. The van der Waals surface area contributed by atoms with Crippen LogP contribution in [0.5, 0.6) is 0 Å². The van der Waals surface area contributed by atoms with E-state index < -0.39 is 22.9 Å². The Morgan fingerprint density at radius 3 is 2.36 bits per heavy atom. The summed E-state index contributed by atoms with van der Waals surface area (Å²) >= 11 is 0. The molecule has 2 unspecified atom stereocenters. The van der Waals surface area contributed by atoms with Crippen LogP contribution in [0.3, 0.4) is 0 Å². The summed E-state index contributed by atoms with van der Waals surface area (Å²) in [4.78, 5) is 58.4. The Morgan fingerprint density at radius 1 is 1.10 bits per heavy atom. The summed E-state index contributed by atoms with van der Waals surface area (Å²) in [7, 11) is 3.34. The molecule has 42 heavy (non-hydrogen) atoms. The van der Waals surface area contributed by atoms with E-state index >= 15 is 0 Å². The number of hydrogen-bond donors (Lipinski definition) is 2. The molecule has 0 saturated carbocycles. The molecule has 2 aromatic carbocycles. The van der Waals surface area contributed by atoms with Crippen molar-refractivity contribution in [3.63, 3.8) is 0 Å². The molecule has 3 atom stereocenters. The zero-order valence-corrected chi connectivity index (χ0v) is 25.0. The quantitative estimate of drug-likeness (QED) is 0.443. The fraction of sp³-hybridized carbons (Fsp3) is 0.500. The molecule has 2 heterocycles. The fourth-order valence-corrected chi connectivity index (χ4v) is 5.83. The van der Waals surface area contributed by atoms with Gasteiger partial charge in [-0.2, -0.15) is 0 Å². The van der Waals surface area contributed by atoms with Gasteiger partial charge < -0.3 is 30.5 Å². The lowest BCUT2D eigenvalue weighted by atomic mass is 9.69. The van der Waals surface area contributed by atoms with Gasteiger partial charge in [0.1, 0.15) is 6.04 Å². The second-order valence-corrected chi connectivity index (χ2v) is 12.2. The monoisotopic (exact) mass is 577 g/mol. The second-order valence-electron chi connectivity index (χ2n) is 12.2. The van der Waals surface area contributed by atoms with E-state index in [2.05, 4.69) is 5.32 Å². The van der Waals surface area contributed by atoms with Gasteiger partial charge in [-0.05, 0) is 37.8 Å². The number of likely N-dealkylation sites (N-methyl/N-ethyl adjacent to an activating group) is 1. The van der Waals surface area contributed by atoms with Gasteiger partial charge in [-0.1, -0.05) is 60.7 Å². The Morgan fingerprint density at radius 2 is 1.74 bits per heavy atom. The van der Waals surface area contributed by atoms with E-state index in [1.54, 1.807) is 37.7 Å². The lowest BCUT2D eigenvalue weighted by Gasteiger charge is -2.43. The molecule has 0 radical (unpaired) electrons. The number of nitrogens with zero attached hydrogens (tertiary/aromatic N) is 3. The summed E-state index contributed by atoms with van der Waals surface area (Å²) < 4.78 is 5.90. The maximum Gasteiger partial charge on any atom is 0.247 e. The molecule has 10 nitrogen and oxygen atoms in total. The lowest BCUT2D eigenvalue weighted by molar-refractivity contribution is -0.149. The molecule has 0 aliphatic carbocycles. The fourth-order valence-electron chi connectivity index (χ4n) is 5.83. The number of nitrogens with one attached hydrogen (secondary N) is 1. The molecule has 1 spiro atoms. The molecule has 3 N–H and O–H groups in total. The van der Waals surface area contributed by atoms with Crippen molar-refractivity contribution in [3.05, 3.63) is 71.8 Å². The van der Waals surface area contributed by atoms with E-state index in [9.17, 15) is 19.2 Å².